The number of anilines is 1. The monoisotopic (exact) mass is 485 g/mol. The highest BCUT2D eigenvalue weighted by Crippen LogP contribution is 2.24. The largest absolute Gasteiger partial charge is 0.492 e. The van der Waals surface area contributed by atoms with E-state index in [1.54, 1.807) is 37.3 Å². The summed E-state index contributed by atoms with van der Waals surface area (Å²) in [6.07, 6.45) is 1.56. The maximum atomic E-state index is 13.0. The number of carbonyl (C=O) groups excluding carboxylic acids is 1. The lowest BCUT2D eigenvalue weighted by molar-refractivity contribution is -0.111. The van der Waals surface area contributed by atoms with Gasteiger partial charge in [0.25, 0.3) is 11.5 Å². The summed E-state index contributed by atoms with van der Waals surface area (Å²) >= 11 is 0.998. The lowest BCUT2D eigenvalue weighted by Gasteiger charge is -2.10. The summed E-state index contributed by atoms with van der Waals surface area (Å²) in [7, 11) is 0. The van der Waals surface area contributed by atoms with Crippen molar-refractivity contribution < 1.29 is 23.0 Å². The number of nitrogens with one attached hydrogen (secondary N) is 1. The van der Waals surface area contributed by atoms with Gasteiger partial charge in [0.1, 0.15) is 22.2 Å². The van der Waals surface area contributed by atoms with Crippen molar-refractivity contribution in [2.24, 2.45) is 0 Å². The number of thiazole rings is 1. The van der Waals surface area contributed by atoms with Crippen LogP contribution >= 0.6 is 11.3 Å². The third-order valence-corrected chi connectivity index (χ3v) is 5.75. The average molecular weight is 486 g/mol. The zero-order valence-corrected chi connectivity index (χ0v) is 19.2. The number of hydrogen-bond acceptors (Lipinski definition) is 6. The van der Waals surface area contributed by atoms with Crippen LogP contribution in [-0.4, -0.2) is 23.7 Å². The molecule has 0 radical (unpaired) electrons. The molecule has 0 aliphatic rings. The highest BCUT2D eigenvalue weighted by atomic mass is 32.1. The van der Waals surface area contributed by atoms with Gasteiger partial charge in [-0.3, -0.25) is 14.2 Å². The van der Waals surface area contributed by atoms with E-state index in [2.05, 4.69) is 10.1 Å². The summed E-state index contributed by atoms with van der Waals surface area (Å²) in [5.74, 6) is -0.213. The molecule has 0 fully saturated rings. The van der Waals surface area contributed by atoms with Gasteiger partial charge in [0, 0.05) is 6.54 Å². The van der Waals surface area contributed by atoms with Crippen LogP contribution in [0.4, 0.5) is 14.5 Å². The molecular formula is C24H21F2N3O4S. The third-order valence-electron chi connectivity index (χ3n) is 4.61. The number of benzene rings is 2. The van der Waals surface area contributed by atoms with Crippen LogP contribution in [0.5, 0.6) is 11.5 Å². The maximum absolute atomic E-state index is 13.0. The zero-order chi connectivity index (χ0) is 24.7. The molecule has 0 saturated carbocycles. The Morgan fingerprint density at radius 2 is 1.91 bits per heavy atom. The number of halogens is 2. The molecule has 3 rings (SSSR count). The minimum atomic E-state index is -2.93. The van der Waals surface area contributed by atoms with Crippen molar-refractivity contribution in [1.29, 1.82) is 5.26 Å². The molecule has 1 N–H and O–H groups in total. The SMILES string of the molecule is CCOc1ccccc1NC(=O)/C(C#N)=c1\s/c(=C\c2ccc(OC(F)F)cc2)c(=O)n1CC. The van der Waals surface area contributed by atoms with Gasteiger partial charge in [0.2, 0.25) is 0 Å². The van der Waals surface area contributed by atoms with E-state index in [1.807, 2.05) is 13.0 Å². The number of nitrogens with zero attached hydrogens (tertiary/aromatic N) is 2. The highest BCUT2D eigenvalue weighted by Gasteiger charge is 2.17. The standard InChI is InChI=1S/C24H21F2N3O4S/c1-3-29-22(31)20(13-15-9-11-16(12-10-15)33-24(25)26)34-23(29)17(14-27)21(30)28-18-7-5-6-8-19(18)32-4-2/h5-13,24H,3-4H2,1-2H3,(H,28,30)/b20-13-,23-17-. The lowest BCUT2D eigenvalue weighted by Crippen LogP contribution is -2.33. The third kappa shape index (κ3) is 5.68. The zero-order valence-electron chi connectivity index (χ0n) is 18.4. The van der Waals surface area contributed by atoms with E-state index < -0.39 is 12.5 Å². The van der Waals surface area contributed by atoms with Crippen LogP contribution in [0.15, 0.2) is 53.3 Å². The van der Waals surface area contributed by atoms with Gasteiger partial charge >= 0.3 is 6.61 Å². The summed E-state index contributed by atoms with van der Waals surface area (Å²) in [4.78, 5) is 25.9. The summed E-state index contributed by atoms with van der Waals surface area (Å²) in [6, 6.07) is 14.5. The predicted octanol–water partition coefficient (Wildman–Crippen LogP) is 3.07. The van der Waals surface area contributed by atoms with Crippen LogP contribution in [0, 0.1) is 11.3 Å². The summed E-state index contributed by atoms with van der Waals surface area (Å²) in [5.41, 5.74) is 0.395. The minimum absolute atomic E-state index is 0.00547. The van der Waals surface area contributed by atoms with Gasteiger partial charge in [0.15, 0.2) is 5.57 Å². The van der Waals surface area contributed by atoms with Gasteiger partial charge in [0.05, 0.1) is 16.8 Å². The Morgan fingerprint density at radius 1 is 1.21 bits per heavy atom. The Balaban J connectivity index is 2.04. The fourth-order valence-corrected chi connectivity index (χ4v) is 4.28. The molecular weight excluding hydrogens is 464 g/mol. The van der Waals surface area contributed by atoms with Crippen molar-refractivity contribution in [2.45, 2.75) is 27.0 Å². The molecule has 176 valence electrons. The first-order valence-electron chi connectivity index (χ1n) is 10.3. The summed E-state index contributed by atoms with van der Waals surface area (Å²) < 4.78 is 36.4. The first-order chi connectivity index (χ1) is 16.4. The van der Waals surface area contributed by atoms with Crippen molar-refractivity contribution in [1.82, 2.24) is 4.57 Å². The van der Waals surface area contributed by atoms with Gasteiger partial charge in [-0.05, 0) is 49.8 Å². The molecule has 2 aromatic carbocycles. The highest BCUT2D eigenvalue weighted by molar-refractivity contribution is 7.07. The molecule has 10 heteroatoms. The number of alkyl halides is 2. The molecule has 0 atom stereocenters. The number of amides is 1. The van der Waals surface area contributed by atoms with Crippen LogP contribution in [-0.2, 0) is 11.3 Å². The lowest BCUT2D eigenvalue weighted by atomic mass is 10.2. The van der Waals surface area contributed by atoms with Gasteiger partial charge in [-0.2, -0.15) is 14.0 Å². The molecule has 1 amide bonds. The number of para-hydroxylation sites is 2. The number of nitriles is 1. The van der Waals surface area contributed by atoms with Gasteiger partial charge in [-0.1, -0.05) is 24.3 Å². The molecule has 0 bridgehead atoms. The summed E-state index contributed by atoms with van der Waals surface area (Å²) in [5, 5.41) is 12.4. The Morgan fingerprint density at radius 3 is 2.53 bits per heavy atom. The molecule has 0 unspecified atom stereocenters. The molecule has 1 aromatic heterocycles. The van der Waals surface area contributed by atoms with Crippen LogP contribution < -0.4 is 29.5 Å². The molecule has 0 spiro atoms. The quantitative estimate of drug-likeness (QED) is 0.529. The maximum Gasteiger partial charge on any atom is 0.387 e. The van der Waals surface area contributed by atoms with Crippen molar-refractivity contribution >= 4 is 34.6 Å². The number of rotatable bonds is 8. The van der Waals surface area contributed by atoms with E-state index in [9.17, 15) is 23.6 Å². The van der Waals surface area contributed by atoms with Gasteiger partial charge < -0.3 is 14.8 Å². The molecule has 7 nitrogen and oxygen atoms in total. The van der Waals surface area contributed by atoms with E-state index in [0.29, 0.717) is 23.6 Å². The smallest absolute Gasteiger partial charge is 0.387 e. The van der Waals surface area contributed by atoms with Crippen LogP contribution in [0.3, 0.4) is 0 Å². The molecule has 0 saturated heterocycles. The van der Waals surface area contributed by atoms with E-state index in [0.717, 1.165) is 11.3 Å². The van der Waals surface area contributed by atoms with Crippen molar-refractivity contribution in [3.8, 4) is 17.6 Å². The second-order valence-corrected chi connectivity index (χ2v) is 7.81. The Labute approximate surface area is 197 Å². The fourth-order valence-electron chi connectivity index (χ4n) is 3.12. The first kappa shape index (κ1) is 24.7. The van der Waals surface area contributed by atoms with Crippen LogP contribution in [0.25, 0.3) is 11.6 Å². The van der Waals surface area contributed by atoms with Crippen molar-refractivity contribution in [3.05, 3.63) is 73.6 Å². The van der Waals surface area contributed by atoms with E-state index in [1.165, 1.54) is 28.8 Å². The number of carbonyl (C=O) groups is 1. The minimum Gasteiger partial charge on any atom is -0.492 e. The van der Waals surface area contributed by atoms with Gasteiger partial charge in [-0.25, -0.2) is 0 Å². The van der Waals surface area contributed by atoms with E-state index in [-0.39, 0.29) is 32.6 Å². The molecule has 0 aliphatic heterocycles. The molecule has 3 aromatic rings. The van der Waals surface area contributed by atoms with Gasteiger partial charge in [-0.15, -0.1) is 11.3 Å². The van der Waals surface area contributed by atoms with E-state index in [4.69, 9.17) is 4.74 Å². The van der Waals surface area contributed by atoms with Crippen molar-refractivity contribution in [3.63, 3.8) is 0 Å². The number of hydrogen-bond donors (Lipinski definition) is 1. The number of ether oxygens (including phenoxy) is 2. The van der Waals surface area contributed by atoms with Crippen molar-refractivity contribution in [2.75, 3.05) is 11.9 Å². The molecule has 34 heavy (non-hydrogen) atoms. The predicted molar refractivity (Wildman–Crippen MR) is 125 cm³/mol. The fraction of sp³-hybridized carbons (Fsp3) is 0.208. The number of aromatic nitrogens is 1. The molecule has 1 heterocycles. The first-order valence-corrected chi connectivity index (χ1v) is 11.1. The van der Waals surface area contributed by atoms with Crippen LogP contribution in [0.1, 0.15) is 19.4 Å². The van der Waals surface area contributed by atoms with E-state index >= 15 is 0 Å². The Bertz CT molecular complexity index is 1390. The second-order valence-electron chi connectivity index (χ2n) is 6.78. The Kier molecular flexibility index (Phi) is 8.16. The second kappa shape index (κ2) is 11.2. The normalized spacial score (nSPS) is 12.3. The topological polar surface area (TPSA) is 93.3 Å². The van der Waals surface area contributed by atoms with Crippen LogP contribution in [0.2, 0.25) is 0 Å². The Hall–Kier alpha value is -3.97. The summed E-state index contributed by atoms with van der Waals surface area (Å²) in [6.45, 7) is 1.26. The molecule has 0 aliphatic carbocycles. The average Bonchev–Trinajstić information content (AvgIpc) is 3.11.